The molecule has 2 rings (SSSR count). The first-order chi connectivity index (χ1) is 4.90. The van der Waals surface area contributed by atoms with E-state index in [0.717, 1.165) is 6.04 Å². The molecule has 56 valence electrons. The summed E-state index contributed by atoms with van der Waals surface area (Å²) in [6.07, 6.45) is 3.33. The van der Waals surface area contributed by atoms with Crippen LogP contribution < -0.4 is 0 Å². The summed E-state index contributed by atoms with van der Waals surface area (Å²) < 4.78 is 0. The maximum absolute atomic E-state index is 3.81. The third kappa shape index (κ3) is 0.833. The van der Waals surface area contributed by atoms with Crippen LogP contribution in [0.15, 0.2) is 12.8 Å². The lowest BCUT2D eigenvalue weighted by Gasteiger charge is -2.33. The fourth-order valence-corrected chi connectivity index (χ4v) is 1.97. The summed E-state index contributed by atoms with van der Waals surface area (Å²) in [6.45, 7) is 8.81. The first kappa shape index (κ1) is 6.23. The van der Waals surface area contributed by atoms with E-state index in [1.807, 2.05) is 6.20 Å². The summed E-state index contributed by atoms with van der Waals surface area (Å²) in [6, 6.07) is 0.784. The molecule has 2 aliphatic rings. The molecule has 0 amide bonds. The highest BCUT2D eigenvalue weighted by atomic mass is 15.3. The second-order valence-electron chi connectivity index (χ2n) is 3.16. The van der Waals surface area contributed by atoms with Crippen molar-refractivity contribution in [3.63, 3.8) is 0 Å². The van der Waals surface area contributed by atoms with Gasteiger partial charge < -0.3 is 4.90 Å². The maximum atomic E-state index is 3.81. The van der Waals surface area contributed by atoms with Crippen LogP contribution in [0.25, 0.3) is 0 Å². The predicted octanol–water partition coefficient (Wildman–Crippen LogP) is 0.520. The summed E-state index contributed by atoms with van der Waals surface area (Å²) in [4.78, 5) is 4.91. The zero-order valence-electron chi connectivity index (χ0n) is 6.29. The van der Waals surface area contributed by atoms with E-state index in [9.17, 15) is 0 Å². The van der Waals surface area contributed by atoms with Crippen molar-refractivity contribution in [1.29, 1.82) is 0 Å². The van der Waals surface area contributed by atoms with Crippen molar-refractivity contribution < 1.29 is 0 Å². The van der Waals surface area contributed by atoms with Crippen molar-refractivity contribution in [2.45, 2.75) is 12.5 Å². The number of piperazine rings is 1. The van der Waals surface area contributed by atoms with Gasteiger partial charge in [0.05, 0.1) is 0 Å². The van der Waals surface area contributed by atoms with Crippen molar-refractivity contribution in [3.8, 4) is 0 Å². The fraction of sp³-hybridized carbons (Fsp3) is 0.750. The minimum Gasteiger partial charge on any atom is -0.372 e. The molecule has 0 spiro atoms. The van der Waals surface area contributed by atoms with E-state index in [2.05, 4.69) is 16.4 Å². The molecule has 10 heavy (non-hydrogen) atoms. The molecule has 0 aromatic rings. The van der Waals surface area contributed by atoms with Crippen molar-refractivity contribution in [2.24, 2.45) is 0 Å². The van der Waals surface area contributed by atoms with Gasteiger partial charge in [0.2, 0.25) is 0 Å². The molecule has 2 aliphatic heterocycles. The van der Waals surface area contributed by atoms with Crippen molar-refractivity contribution in [1.82, 2.24) is 9.80 Å². The molecule has 2 heterocycles. The number of hydrogen-bond donors (Lipinski definition) is 0. The molecule has 0 saturated carbocycles. The van der Waals surface area contributed by atoms with E-state index in [1.165, 1.54) is 32.6 Å². The van der Waals surface area contributed by atoms with Gasteiger partial charge in [-0.15, -0.1) is 0 Å². The highest BCUT2D eigenvalue weighted by molar-refractivity contribution is 4.92. The quantitative estimate of drug-likeness (QED) is 0.521. The molecule has 2 saturated heterocycles. The summed E-state index contributed by atoms with van der Waals surface area (Å²) >= 11 is 0. The smallest absolute Gasteiger partial charge is 0.0424 e. The molecule has 0 aromatic carbocycles. The normalized spacial score (nSPS) is 38.2. The van der Waals surface area contributed by atoms with Crippen LogP contribution in [0.5, 0.6) is 0 Å². The van der Waals surface area contributed by atoms with Crippen LogP contribution in [-0.4, -0.2) is 42.0 Å². The highest BCUT2D eigenvalue weighted by Crippen LogP contribution is 2.19. The average molecular weight is 138 g/mol. The molecule has 2 unspecified atom stereocenters. The highest BCUT2D eigenvalue weighted by Gasteiger charge is 2.29. The third-order valence-electron chi connectivity index (χ3n) is 2.63. The number of hydrogen-bond acceptors (Lipinski definition) is 2. The standard InChI is InChI=1S/C8H14N2/c1-2-10-6-5-9-4-3-8(10)7-9/h2,8H,1,3-7H2. The lowest BCUT2D eigenvalue weighted by molar-refractivity contribution is 0.186. The fourth-order valence-electron chi connectivity index (χ4n) is 1.97. The molecular formula is C8H14N2. The van der Waals surface area contributed by atoms with Crippen LogP contribution in [0.2, 0.25) is 0 Å². The SMILES string of the molecule is C=CN1CCN2CCC1C2. The van der Waals surface area contributed by atoms with Gasteiger partial charge in [0.15, 0.2) is 0 Å². The Morgan fingerprint density at radius 1 is 1.30 bits per heavy atom. The van der Waals surface area contributed by atoms with Gasteiger partial charge >= 0.3 is 0 Å². The summed E-state index contributed by atoms with van der Waals surface area (Å²) in [5.74, 6) is 0. The van der Waals surface area contributed by atoms with E-state index in [-0.39, 0.29) is 0 Å². The lowest BCUT2D eigenvalue weighted by Crippen LogP contribution is -2.43. The van der Waals surface area contributed by atoms with Crippen LogP contribution in [0.1, 0.15) is 6.42 Å². The van der Waals surface area contributed by atoms with Gasteiger partial charge in [0, 0.05) is 32.2 Å². The zero-order chi connectivity index (χ0) is 6.97. The summed E-state index contributed by atoms with van der Waals surface area (Å²) in [7, 11) is 0. The Bertz CT molecular complexity index is 144. The predicted molar refractivity (Wildman–Crippen MR) is 41.7 cm³/mol. The number of nitrogens with zero attached hydrogens (tertiary/aromatic N) is 2. The second-order valence-corrected chi connectivity index (χ2v) is 3.16. The first-order valence-electron chi connectivity index (χ1n) is 4.01. The molecule has 2 heteroatoms. The minimum atomic E-state index is 0.784. The van der Waals surface area contributed by atoms with Crippen LogP contribution >= 0.6 is 0 Å². The Morgan fingerprint density at radius 2 is 2.20 bits per heavy atom. The Hall–Kier alpha value is -0.500. The van der Waals surface area contributed by atoms with Crippen LogP contribution in [0.4, 0.5) is 0 Å². The molecule has 2 fully saturated rings. The van der Waals surface area contributed by atoms with E-state index < -0.39 is 0 Å². The maximum Gasteiger partial charge on any atom is 0.0424 e. The number of rotatable bonds is 1. The molecule has 0 radical (unpaired) electrons. The van der Waals surface area contributed by atoms with Gasteiger partial charge in [-0.05, 0) is 12.6 Å². The average Bonchev–Trinajstić information content (AvgIpc) is 2.34. The first-order valence-corrected chi connectivity index (χ1v) is 4.01. The molecule has 0 aliphatic carbocycles. The van der Waals surface area contributed by atoms with Crippen LogP contribution in [-0.2, 0) is 0 Å². The van der Waals surface area contributed by atoms with Gasteiger partial charge in [0.25, 0.3) is 0 Å². The number of fused-ring (bicyclic) bond motifs is 2. The monoisotopic (exact) mass is 138 g/mol. The molecule has 2 atom stereocenters. The van der Waals surface area contributed by atoms with Crippen LogP contribution in [0, 0.1) is 0 Å². The molecule has 2 nitrogen and oxygen atoms in total. The zero-order valence-corrected chi connectivity index (χ0v) is 6.29. The van der Waals surface area contributed by atoms with E-state index in [4.69, 9.17) is 0 Å². The van der Waals surface area contributed by atoms with E-state index in [1.54, 1.807) is 0 Å². The Kier molecular flexibility index (Phi) is 1.42. The third-order valence-corrected chi connectivity index (χ3v) is 2.63. The second kappa shape index (κ2) is 2.27. The van der Waals surface area contributed by atoms with E-state index in [0.29, 0.717) is 0 Å². The lowest BCUT2D eigenvalue weighted by atomic mass is 10.2. The summed E-state index contributed by atoms with van der Waals surface area (Å²) in [5, 5.41) is 0. The topological polar surface area (TPSA) is 6.48 Å². The van der Waals surface area contributed by atoms with Crippen LogP contribution in [0.3, 0.4) is 0 Å². The largest absolute Gasteiger partial charge is 0.372 e. The molecular weight excluding hydrogens is 124 g/mol. The molecule has 0 aromatic heterocycles. The van der Waals surface area contributed by atoms with Gasteiger partial charge in [-0.1, -0.05) is 6.58 Å². The molecule has 0 N–H and O–H groups in total. The minimum absolute atomic E-state index is 0.784. The Morgan fingerprint density at radius 3 is 3.00 bits per heavy atom. The Labute approximate surface area is 62.1 Å². The Balaban J connectivity index is 2.06. The summed E-state index contributed by atoms with van der Waals surface area (Å²) in [5.41, 5.74) is 0. The van der Waals surface area contributed by atoms with Gasteiger partial charge in [-0.3, -0.25) is 4.90 Å². The van der Waals surface area contributed by atoms with E-state index >= 15 is 0 Å². The van der Waals surface area contributed by atoms with Gasteiger partial charge in [-0.2, -0.15) is 0 Å². The van der Waals surface area contributed by atoms with Gasteiger partial charge in [0.1, 0.15) is 0 Å². The van der Waals surface area contributed by atoms with Crippen molar-refractivity contribution >= 4 is 0 Å². The van der Waals surface area contributed by atoms with Crippen molar-refractivity contribution in [2.75, 3.05) is 26.2 Å². The molecule has 2 bridgehead atoms. The van der Waals surface area contributed by atoms with Crippen molar-refractivity contribution in [3.05, 3.63) is 12.8 Å². The van der Waals surface area contributed by atoms with Gasteiger partial charge in [-0.25, -0.2) is 0 Å².